The standard InChI is InChI=1S/C14H13NO2/c16-14(17)13(12-4-2-1-3-5-12)10-11-6-8-15-9-7-11/h1-9,13H,10H2,(H,16,17)/t13-/m0/s1. The molecule has 86 valence electrons. The van der Waals surface area contributed by atoms with E-state index >= 15 is 0 Å². The lowest BCUT2D eigenvalue weighted by atomic mass is 9.92. The van der Waals surface area contributed by atoms with Gasteiger partial charge in [0.05, 0.1) is 5.92 Å². The summed E-state index contributed by atoms with van der Waals surface area (Å²) in [4.78, 5) is 15.2. The minimum atomic E-state index is -0.798. The molecule has 2 rings (SSSR count). The Morgan fingerprint density at radius 1 is 1.12 bits per heavy atom. The van der Waals surface area contributed by atoms with E-state index in [2.05, 4.69) is 4.98 Å². The molecule has 0 unspecified atom stereocenters. The lowest BCUT2D eigenvalue weighted by Crippen LogP contribution is -2.14. The Bertz CT molecular complexity index is 482. The third-order valence-corrected chi connectivity index (χ3v) is 2.69. The summed E-state index contributed by atoms with van der Waals surface area (Å²) >= 11 is 0. The molecule has 2 aromatic rings. The van der Waals surface area contributed by atoms with Gasteiger partial charge in [0.15, 0.2) is 0 Å². The fraction of sp³-hybridized carbons (Fsp3) is 0.143. The molecule has 1 aromatic carbocycles. The highest BCUT2D eigenvalue weighted by Crippen LogP contribution is 2.20. The fourth-order valence-corrected chi connectivity index (χ4v) is 1.79. The maximum Gasteiger partial charge on any atom is 0.311 e. The highest BCUT2D eigenvalue weighted by atomic mass is 16.4. The molecule has 17 heavy (non-hydrogen) atoms. The Morgan fingerprint density at radius 2 is 1.76 bits per heavy atom. The first-order chi connectivity index (χ1) is 8.27. The zero-order valence-electron chi connectivity index (χ0n) is 9.28. The van der Waals surface area contributed by atoms with Crippen molar-refractivity contribution in [3.8, 4) is 0 Å². The number of pyridine rings is 1. The number of carboxylic acid groups (broad SMARTS) is 1. The second-order valence-electron chi connectivity index (χ2n) is 3.86. The van der Waals surface area contributed by atoms with Crippen molar-refractivity contribution in [2.24, 2.45) is 0 Å². The van der Waals surface area contributed by atoms with Gasteiger partial charge >= 0.3 is 5.97 Å². The second-order valence-corrected chi connectivity index (χ2v) is 3.86. The van der Waals surface area contributed by atoms with E-state index in [9.17, 15) is 9.90 Å². The smallest absolute Gasteiger partial charge is 0.311 e. The van der Waals surface area contributed by atoms with Crippen molar-refractivity contribution >= 4 is 5.97 Å². The number of nitrogens with zero attached hydrogens (tertiary/aromatic N) is 1. The Balaban J connectivity index is 2.23. The molecule has 3 nitrogen and oxygen atoms in total. The highest BCUT2D eigenvalue weighted by Gasteiger charge is 2.19. The highest BCUT2D eigenvalue weighted by molar-refractivity contribution is 5.76. The van der Waals surface area contributed by atoms with Gasteiger partial charge in [0, 0.05) is 12.4 Å². The molecule has 0 radical (unpaired) electrons. The summed E-state index contributed by atoms with van der Waals surface area (Å²) in [6, 6.07) is 13.0. The van der Waals surface area contributed by atoms with Crippen molar-refractivity contribution in [3.05, 3.63) is 66.0 Å². The molecule has 0 amide bonds. The van der Waals surface area contributed by atoms with E-state index in [1.165, 1.54) is 0 Å². The van der Waals surface area contributed by atoms with Gasteiger partial charge in [-0.1, -0.05) is 30.3 Å². The number of aliphatic carboxylic acids is 1. The molecule has 0 spiro atoms. The Kier molecular flexibility index (Phi) is 3.50. The van der Waals surface area contributed by atoms with Gasteiger partial charge in [-0.3, -0.25) is 9.78 Å². The van der Waals surface area contributed by atoms with Gasteiger partial charge in [-0.05, 0) is 29.7 Å². The molecule has 0 aliphatic carbocycles. The molecule has 1 heterocycles. The topological polar surface area (TPSA) is 50.2 Å². The first-order valence-electron chi connectivity index (χ1n) is 5.44. The Labute approximate surface area is 99.8 Å². The number of carbonyl (C=O) groups is 1. The van der Waals surface area contributed by atoms with Crippen LogP contribution in [0.2, 0.25) is 0 Å². The van der Waals surface area contributed by atoms with E-state index in [0.717, 1.165) is 11.1 Å². The number of benzene rings is 1. The van der Waals surface area contributed by atoms with Crippen molar-refractivity contribution < 1.29 is 9.90 Å². The molecule has 0 aliphatic heterocycles. The normalized spacial score (nSPS) is 12.0. The molecule has 1 N–H and O–H groups in total. The van der Waals surface area contributed by atoms with Crippen LogP contribution in [0.4, 0.5) is 0 Å². The Morgan fingerprint density at radius 3 is 2.35 bits per heavy atom. The molecule has 1 aromatic heterocycles. The number of carboxylic acids is 1. The summed E-state index contributed by atoms with van der Waals surface area (Å²) < 4.78 is 0. The van der Waals surface area contributed by atoms with E-state index < -0.39 is 11.9 Å². The van der Waals surface area contributed by atoms with Crippen LogP contribution in [0.1, 0.15) is 17.0 Å². The summed E-state index contributed by atoms with van der Waals surface area (Å²) in [5, 5.41) is 9.27. The van der Waals surface area contributed by atoms with E-state index in [1.54, 1.807) is 12.4 Å². The third kappa shape index (κ3) is 2.91. The van der Waals surface area contributed by atoms with Gasteiger partial charge in [-0.2, -0.15) is 0 Å². The summed E-state index contributed by atoms with van der Waals surface area (Å²) in [6.07, 6.45) is 3.85. The Hall–Kier alpha value is -2.16. The maximum atomic E-state index is 11.3. The maximum absolute atomic E-state index is 11.3. The lowest BCUT2D eigenvalue weighted by Gasteiger charge is -2.12. The number of aromatic nitrogens is 1. The zero-order valence-corrected chi connectivity index (χ0v) is 9.28. The van der Waals surface area contributed by atoms with Crippen molar-refractivity contribution in [2.45, 2.75) is 12.3 Å². The van der Waals surface area contributed by atoms with Crippen LogP contribution in [-0.4, -0.2) is 16.1 Å². The molecular weight excluding hydrogens is 214 g/mol. The van der Waals surface area contributed by atoms with E-state index in [4.69, 9.17) is 0 Å². The lowest BCUT2D eigenvalue weighted by molar-refractivity contribution is -0.138. The predicted molar refractivity (Wildman–Crippen MR) is 64.8 cm³/mol. The molecule has 0 saturated carbocycles. The van der Waals surface area contributed by atoms with Gasteiger partial charge in [-0.25, -0.2) is 0 Å². The summed E-state index contributed by atoms with van der Waals surface area (Å²) in [6.45, 7) is 0. The van der Waals surface area contributed by atoms with Gasteiger partial charge in [0.1, 0.15) is 0 Å². The average Bonchev–Trinajstić information content (AvgIpc) is 2.38. The van der Waals surface area contributed by atoms with Crippen LogP contribution in [0, 0.1) is 0 Å². The zero-order chi connectivity index (χ0) is 12.1. The van der Waals surface area contributed by atoms with Gasteiger partial charge in [0.25, 0.3) is 0 Å². The SMILES string of the molecule is O=C(O)[C@@H](Cc1ccncc1)c1ccccc1. The molecule has 0 fully saturated rings. The number of rotatable bonds is 4. The molecular formula is C14H13NO2. The summed E-state index contributed by atoms with van der Waals surface area (Å²) in [7, 11) is 0. The van der Waals surface area contributed by atoms with Gasteiger partial charge in [0.2, 0.25) is 0 Å². The fourth-order valence-electron chi connectivity index (χ4n) is 1.79. The quantitative estimate of drug-likeness (QED) is 0.873. The predicted octanol–water partition coefficient (Wildman–Crippen LogP) is 2.49. The van der Waals surface area contributed by atoms with Crippen LogP contribution in [-0.2, 0) is 11.2 Å². The second kappa shape index (κ2) is 5.25. The van der Waals surface area contributed by atoms with E-state index in [-0.39, 0.29) is 0 Å². The minimum absolute atomic E-state index is 0.488. The van der Waals surface area contributed by atoms with E-state index in [0.29, 0.717) is 6.42 Å². The van der Waals surface area contributed by atoms with Crippen molar-refractivity contribution in [3.63, 3.8) is 0 Å². The van der Waals surface area contributed by atoms with Gasteiger partial charge < -0.3 is 5.11 Å². The molecule has 0 aliphatic rings. The van der Waals surface area contributed by atoms with Crippen molar-refractivity contribution in [2.75, 3.05) is 0 Å². The van der Waals surface area contributed by atoms with Crippen LogP contribution in [0.3, 0.4) is 0 Å². The number of hydrogen-bond acceptors (Lipinski definition) is 2. The van der Waals surface area contributed by atoms with Crippen LogP contribution < -0.4 is 0 Å². The molecule has 3 heteroatoms. The van der Waals surface area contributed by atoms with E-state index in [1.807, 2.05) is 42.5 Å². The summed E-state index contributed by atoms with van der Waals surface area (Å²) in [5.74, 6) is -1.30. The summed E-state index contributed by atoms with van der Waals surface area (Å²) in [5.41, 5.74) is 1.81. The minimum Gasteiger partial charge on any atom is -0.481 e. The van der Waals surface area contributed by atoms with Gasteiger partial charge in [-0.15, -0.1) is 0 Å². The average molecular weight is 227 g/mol. The molecule has 0 saturated heterocycles. The van der Waals surface area contributed by atoms with Crippen LogP contribution >= 0.6 is 0 Å². The first-order valence-corrected chi connectivity index (χ1v) is 5.44. The van der Waals surface area contributed by atoms with Crippen LogP contribution in [0.5, 0.6) is 0 Å². The molecule has 1 atom stereocenters. The van der Waals surface area contributed by atoms with Crippen LogP contribution in [0.25, 0.3) is 0 Å². The third-order valence-electron chi connectivity index (χ3n) is 2.69. The largest absolute Gasteiger partial charge is 0.481 e. The first kappa shape index (κ1) is 11.3. The van der Waals surface area contributed by atoms with Crippen molar-refractivity contribution in [1.82, 2.24) is 4.98 Å². The monoisotopic (exact) mass is 227 g/mol. The number of hydrogen-bond donors (Lipinski definition) is 1. The van der Waals surface area contributed by atoms with Crippen molar-refractivity contribution in [1.29, 1.82) is 0 Å². The van der Waals surface area contributed by atoms with Crippen LogP contribution in [0.15, 0.2) is 54.9 Å². The molecule has 0 bridgehead atoms.